The summed E-state index contributed by atoms with van der Waals surface area (Å²) in [6.45, 7) is 3.71. The van der Waals surface area contributed by atoms with Crippen molar-refractivity contribution in [1.29, 1.82) is 0 Å². The van der Waals surface area contributed by atoms with E-state index >= 15 is 0 Å². The minimum Gasteiger partial charge on any atom is -0.362 e. The molecule has 0 aliphatic carbocycles. The molecule has 0 aliphatic heterocycles. The molecule has 0 amide bonds. The molecule has 0 bridgehead atoms. The van der Waals surface area contributed by atoms with Crippen LogP contribution >= 0.6 is 23.8 Å². The first kappa shape index (κ1) is 15.8. The highest BCUT2D eigenvalue weighted by Crippen LogP contribution is 2.12. The maximum absolute atomic E-state index is 5.98. The Kier molecular flexibility index (Phi) is 6.02. The Hall–Kier alpha value is -1.59. The van der Waals surface area contributed by atoms with Gasteiger partial charge in [0, 0.05) is 23.8 Å². The summed E-state index contributed by atoms with van der Waals surface area (Å²) in [6.07, 6.45) is 4.16. The van der Waals surface area contributed by atoms with E-state index in [0.29, 0.717) is 11.7 Å². The SMILES string of the molecule is CCCCNC(=S)Nc1ccn(Cc2cccc(Cl)c2)n1. The number of rotatable bonds is 6. The van der Waals surface area contributed by atoms with Gasteiger partial charge >= 0.3 is 0 Å². The van der Waals surface area contributed by atoms with Crippen molar-refractivity contribution in [3.05, 3.63) is 47.1 Å². The molecule has 112 valence electrons. The molecule has 0 saturated heterocycles. The van der Waals surface area contributed by atoms with E-state index in [-0.39, 0.29) is 0 Å². The molecule has 1 aromatic heterocycles. The van der Waals surface area contributed by atoms with Gasteiger partial charge in [0.15, 0.2) is 10.9 Å². The van der Waals surface area contributed by atoms with Crippen LogP contribution in [0, 0.1) is 0 Å². The maximum atomic E-state index is 5.98. The molecule has 21 heavy (non-hydrogen) atoms. The highest BCUT2D eigenvalue weighted by atomic mass is 35.5. The molecule has 2 aromatic rings. The number of thiocarbonyl (C=S) groups is 1. The van der Waals surface area contributed by atoms with Crippen LogP contribution in [0.25, 0.3) is 0 Å². The molecule has 0 aliphatic rings. The first-order valence-corrected chi connectivity index (χ1v) is 7.78. The summed E-state index contributed by atoms with van der Waals surface area (Å²) in [5.41, 5.74) is 1.11. The van der Waals surface area contributed by atoms with Crippen molar-refractivity contribution in [2.75, 3.05) is 11.9 Å². The zero-order chi connectivity index (χ0) is 15.1. The third-order valence-corrected chi connectivity index (χ3v) is 3.41. The molecule has 0 saturated carbocycles. The molecule has 0 radical (unpaired) electrons. The van der Waals surface area contributed by atoms with E-state index in [2.05, 4.69) is 22.7 Å². The van der Waals surface area contributed by atoms with Crippen LogP contribution < -0.4 is 10.6 Å². The van der Waals surface area contributed by atoms with E-state index in [4.69, 9.17) is 23.8 Å². The van der Waals surface area contributed by atoms with Gasteiger partial charge in [-0.15, -0.1) is 0 Å². The topological polar surface area (TPSA) is 41.9 Å². The molecule has 1 aromatic carbocycles. The van der Waals surface area contributed by atoms with Crippen molar-refractivity contribution in [2.45, 2.75) is 26.3 Å². The summed E-state index contributed by atoms with van der Waals surface area (Å²) >= 11 is 11.2. The molecule has 4 nitrogen and oxygen atoms in total. The van der Waals surface area contributed by atoms with E-state index in [9.17, 15) is 0 Å². The zero-order valence-electron chi connectivity index (χ0n) is 12.0. The van der Waals surface area contributed by atoms with Crippen molar-refractivity contribution in [1.82, 2.24) is 15.1 Å². The quantitative estimate of drug-likeness (QED) is 0.629. The van der Waals surface area contributed by atoms with Gasteiger partial charge in [-0.3, -0.25) is 4.68 Å². The fraction of sp³-hybridized carbons (Fsp3) is 0.333. The van der Waals surface area contributed by atoms with Gasteiger partial charge in [0.25, 0.3) is 0 Å². The Balaban J connectivity index is 1.88. The van der Waals surface area contributed by atoms with Crippen LogP contribution in [0.4, 0.5) is 5.82 Å². The summed E-state index contributed by atoms with van der Waals surface area (Å²) in [6, 6.07) is 9.66. The van der Waals surface area contributed by atoms with Crippen LogP contribution in [0.3, 0.4) is 0 Å². The highest BCUT2D eigenvalue weighted by Gasteiger charge is 2.02. The van der Waals surface area contributed by atoms with Gasteiger partial charge < -0.3 is 10.6 Å². The van der Waals surface area contributed by atoms with Crippen LogP contribution in [0.15, 0.2) is 36.5 Å². The van der Waals surface area contributed by atoms with Gasteiger partial charge in [0.2, 0.25) is 0 Å². The van der Waals surface area contributed by atoms with Crippen molar-refractivity contribution < 1.29 is 0 Å². The monoisotopic (exact) mass is 322 g/mol. The van der Waals surface area contributed by atoms with Gasteiger partial charge in [0.1, 0.15) is 0 Å². The van der Waals surface area contributed by atoms with Crippen molar-refractivity contribution >= 4 is 34.7 Å². The Morgan fingerprint density at radius 1 is 1.38 bits per heavy atom. The Labute approximate surface area is 135 Å². The Morgan fingerprint density at radius 3 is 3.00 bits per heavy atom. The van der Waals surface area contributed by atoms with Crippen LogP contribution in [0.1, 0.15) is 25.3 Å². The molecule has 1 heterocycles. The normalized spacial score (nSPS) is 10.4. The first-order valence-electron chi connectivity index (χ1n) is 7.00. The number of anilines is 1. The predicted molar refractivity (Wildman–Crippen MR) is 91.9 cm³/mol. The minimum absolute atomic E-state index is 0.608. The predicted octanol–water partition coefficient (Wildman–Crippen LogP) is 3.67. The lowest BCUT2D eigenvalue weighted by Crippen LogP contribution is -2.29. The second-order valence-corrected chi connectivity index (χ2v) is 5.61. The largest absolute Gasteiger partial charge is 0.362 e. The summed E-state index contributed by atoms with van der Waals surface area (Å²) in [5, 5.41) is 12.0. The fourth-order valence-electron chi connectivity index (χ4n) is 1.88. The van der Waals surface area contributed by atoms with Gasteiger partial charge in [0.05, 0.1) is 6.54 Å². The number of benzene rings is 1. The summed E-state index contributed by atoms with van der Waals surface area (Å²) in [4.78, 5) is 0. The Bertz CT molecular complexity index is 597. The lowest BCUT2D eigenvalue weighted by Gasteiger charge is -2.07. The number of hydrogen-bond donors (Lipinski definition) is 2. The third-order valence-electron chi connectivity index (χ3n) is 2.93. The number of unbranched alkanes of at least 4 members (excludes halogenated alkanes) is 1. The number of aromatic nitrogens is 2. The van der Waals surface area contributed by atoms with E-state index in [1.807, 2.05) is 41.2 Å². The molecule has 0 unspecified atom stereocenters. The Morgan fingerprint density at radius 2 is 2.24 bits per heavy atom. The van der Waals surface area contributed by atoms with Crippen LogP contribution in [0.2, 0.25) is 5.02 Å². The van der Waals surface area contributed by atoms with Gasteiger partial charge in [-0.2, -0.15) is 5.10 Å². The molecular weight excluding hydrogens is 304 g/mol. The standard InChI is InChI=1S/C15H19ClN4S/c1-2-3-8-17-15(21)18-14-7-9-20(19-14)11-12-5-4-6-13(16)10-12/h4-7,9-10H,2-3,8,11H2,1H3,(H2,17,18,19,21). The maximum Gasteiger partial charge on any atom is 0.171 e. The molecular formula is C15H19ClN4S. The van der Waals surface area contributed by atoms with Gasteiger partial charge in [-0.1, -0.05) is 37.1 Å². The van der Waals surface area contributed by atoms with E-state index in [1.54, 1.807) is 0 Å². The number of hydrogen-bond acceptors (Lipinski definition) is 2. The summed E-state index contributed by atoms with van der Waals surface area (Å²) in [5.74, 6) is 0.742. The molecule has 2 N–H and O–H groups in total. The summed E-state index contributed by atoms with van der Waals surface area (Å²) in [7, 11) is 0. The molecule has 0 spiro atoms. The van der Waals surface area contributed by atoms with E-state index in [0.717, 1.165) is 35.8 Å². The second-order valence-electron chi connectivity index (χ2n) is 4.76. The summed E-state index contributed by atoms with van der Waals surface area (Å²) < 4.78 is 1.85. The lowest BCUT2D eigenvalue weighted by atomic mass is 10.2. The number of nitrogens with zero attached hydrogens (tertiary/aromatic N) is 2. The van der Waals surface area contributed by atoms with Gasteiger partial charge in [-0.05, 0) is 36.3 Å². The fourth-order valence-corrected chi connectivity index (χ4v) is 2.30. The van der Waals surface area contributed by atoms with Crippen LogP contribution in [-0.4, -0.2) is 21.4 Å². The average molecular weight is 323 g/mol. The molecule has 2 rings (SSSR count). The average Bonchev–Trinajstić information content (AvgIpc) is 2.86. The smallest absolute Gasteiger partial charge is 0.171 e. The van der Waals surface area contributed by atoms with E-state index in [1.165, 1.54) is 0 Å². The third kappa shape index (κ3) is 5.36. The minimum atomic E-state index is 0.608. The van der Waals surface area contributed by atoms with Crippen molar-refractivity contribution in [2.24, 2.45) is 0 Å². The first-order chi connectivity index (χ1) is 10.2. The highest BCUT2D eigenvalue weighted by molar-refractivity contribution is 7.80. The van der Waals surface area contributed by atoms with Crippen molar-refractivity contribution in [3.8, 4) is 0 Å². The van der Waals surface area contributed by atoms with Crippen LogP contribution in [0.5, 0.6) is 0 Å². The van der Waals surface area contributed by atoms with Gasteiger partial charge in [-0.25, -0.2) is 0 Å². The number of halogens is 1. The molecule has 0 atom stereocenters. The zero-order valence-corrected chi connectivity index (χ0v) is 13.5. The number of nitrogens with one attached hydrogen (secondary N) is 2. The second kappa shape index (κ2) is 8.00. The van der Waals surface area contributed by atoms with Crippen LogP contribution in [-0.2, 0) is 6.54 Å². The molecule has 6 heteroatoms. The van der Waals surface area contributed by atoms with E-state index < -0.39 is 0 Å². The molecule has 0 fully saturated rings. The van der Waals surface area contributed by atoms with Crippen molar-refractivity contribution in [3.63, 3.8) is 0 Å². The lowest BCUT2D eigenvalue weighted by molar-refractivity contribution is 0.689.